The third-order valence-electron chi connectivity index (χ3n) is 4.32. The van der Waals surface area contributed by atoms with E-state index in [4.69, 9.17) is 0 Å². The Balaban J connectivity index is 1.76. The summed E-state index contributed by atoms with van der Waals surface area (Å²) in [6.07, 6.45) is 0.659. The zero-order chi connectivity index (χ0) is 14.7. The molecule has 0 spiro atoms. The number of carbonyl (C=O) groups is 1. The van der Waals surface area contributed by atoms with Crippen molar-refractivity contribution in [2.75, 3.05) is 13.1 Å². The molecule has 2 aromatic rings. The molecule has 1 aliphatic rings. The van der Waals surface area contributed by atoms with Crippen molar-refractivity contribution < 1.29 is 4.79 Å². The summed E-state index contributed by atoms with van der Waals surface area (Å²) in [7, 11) is 0. The summed E-state index contributed by atoms with van der Waals surface area (Å²) in [6.45, 7) is 4.73. The molecule has 21 heavy (non-hydrogen) atoms. The maximum Gasteiger partial charge on any atom is 0.142 e. The fourth-order valence-electron chi connectivity index (χ4n) is 3.13. The largest absolute Gasteiger partial charge is 0.299 e. The summed E-state index contributed by atoms with van der Waals surface area (Å²) in [5, 5.41) is 0. The topological polar surface area (TPSA) is 20.3 Å². The lowest BCUT2D eigenvalue weighted by molar-refractivity contribution is -0.123. The number of nitrogens with zero attached hydrogens (tertiary/aromatic N) is 1. The van der Waals surface area contributed by atoms with Crippen molar-refractivity contribution in [1.29, 1.82) is 0 Å². The van der Waals surface area contributed by atoms with Gasteiger partial charge in [0.1, 0.15) is 5.78 Å². The third kappa shape index (κ3) is 3.22. The van der Waals surface area contributed by atoms with Crippen molar-refractivity contribution in [1.82, 2.24) is 4.90 Å². The number of aryl methyl sites for hydroxylation is 1. The Hall–Kier alpha value is -1.93. The molecule has 0 N–H and O–H groups in total. The van der Waals surface area contributed by atoms with Crippen molar-refractivity contribution in [2.45, 2.75) is 25.8 Å². The minimum Gasteiger partial charge on any atom is -0.299 e. The van der Waals surface area contributed by atoms with Crippen molar-refractivity contribution >= 4 is 5.78 Å². The second-order valence-corrected chi connectivity index (χ2v) is 5.85. The number of Topliss-reactive ketones (excluding diaryl/α,β-unsaturated/α-hetero) is 1. The van der Waals surface area contributed by atoms with E-state index in [2.05, 4.69) is 48.2 Å². The van der Waals surface area contributed by atoms with E-state index in [1.807, 2.05) is 18.2 Å². The van der Waals surface area contributed by atoms with Gasteiger partial charge in [-0.3, -0.25) is 9.69 Å². The molecule has 1 aliphatic heterocycles. The second kappa shape index (κ2) is 6.23. The van der Waals surface area contributed by atoms with E-state index in [0.717, 1.165) is 19.6 Å². The van der Waals surface area contributed by atoms with Crippen LogP contribution in [0.5, 0.6) is 0 Å². The maximum atomic E-state index is 12.3. The van der Waals surface area contributed by atoms with Gasteiger partial charge in [0.25, 0.3) is 0 Å². The van der Waals surface area contributed by atoms with Gasteiger partial charge in [0, 0.05) is 26.1 Å². The molecule has 0 unspecified atom stereocenters. The molecular weight excluding hydrogens is 258 g/mol. The quantitative estimate of drug-likeness (QED) is 0.856. The lowest BCUT2D eigenvalue weighted by Gasteiger charge is -2.32. The van der Waals surface area contributed by atoms with E-state index in [1.165, 1.54) is 16.7 Å². The van der Waals surface area contributed by atoms with Gasteiger partial charge in [-0.15, -0.1) is 0 Å². The molecule has 2 nitrogen and oxygen atoms in total. The minimum atomic E-state index is 0.0312. The smallest absolute Gasteiger partial charge is 0.142 e. The number of piperidine rings is 1. The van der Waals surface area contributed by atoms with Gasteiger partial charge in [-0.25, -0.2) is 0 Å². The normalized spacial score (nSPS) is 19.7. The molecule has 108 valence electrons. The van der Waals surface area contributed by atoms with Crippen LogP contribution in [-0.4, -0.2) is 23.8 Å². The van der Waals surface area contributed by atoms with Crippen molar-refractivity contribution in [3.8, 4) is 0 Å². The van der Waals surface area contributed by atoms with Crippen molar-refractivity contribution in [3.05, 3.63) is 71.3 Å². The molecule has 1 fully saturated rings. The average Bonchev–Trinajstić information content (AvgIpc) is 2.51. The van der Waals surface area contributed by atoms with Gasteiger partial charge in [-0.1, -0.05) is 54.6 Å². The Morgan fingerprint density at radius 1 is 1.05 bits per heavy atom. The van der Waals surface area contributed by atoms with Crippen molar-refractivity contribution in [3.63, 3.8) is 0 Å². The number of rotatable bonds is 3. The monoisotopic (exact) mass is 279 g/mol. The molecule has 1 heterocycles. The van der Waals surface area contributed by atoms with E-state index < -0.39 is 0 Å². The number of ketones is 1. The highest BCUT2D eigenvalue weighted by atomic mass is 16.1. The van der Waals surface area contributed by atoms with Gasteiger partial charge >= 0.3 is 0 Å². The highest BCUT2D eigenvalue weighted by Crippen LogP contribution is 2.27. The third-order valence-corrected chi connectivity index (χ3v) is 4.32. The lowest BCUT2D eigenvalue weighted by Crippen LogP contribution is -2.39. The molecule has 1 atom stereocenters. The first-order chi connectivity index (χ1) is 10.2. The lowest BCUT2D eigenvalue weighted by atomic mass is 9.87. The number of hydrogen-bond donors (Lipinski definition) is 0. The number of hydrogen-bond acceptors (Lipinski definition) is 2. The fraction of sp³-hybridized carbons (Fsp3) is 0.316. The van der Waals surface area contributed by atoms with Gasteiger partial charge in [-0.2, -0.15) is 0 Å². The molecule has 2 aromatic carbocycles. The highest BCUT2D eigenvalue weighted by molar-refractivity contribution is 5.87. The molecule has 0 aromatic heterocycles. The standard InChI is InChI=1S/C19H21NO/c1-15-7-5-6-10-17(15)18-14-20(12-11-19(18)21)13-16-8-3-2-4-9-16/h2-10,18H,11-14H2,1H3/t18-/m0/s1. The van der Waals surface area contributed by atoms with Crippen LogP contribution in [-0.2, 0) is 11.3 Å². The van der Waals surface area contributed by atoms with Crippen LogP contribution in [0.1, 0.15) is 29.0 Å². The van der Waals surface area contributed by atoms with E-state index >= 15 is 0 Å². The number of likely N-dealkylation sites (tertiary alicyclic amines) is 1. The van der Waals surface area contributed by atoms with Crippen LogP contribution in [0.2, 0.25) is 0 Å². The summed E-state index contributed by atoms with van der Waals surface area (Å²) in [5.74, 6) is 0.414. The molecule has 0 bridgehead atoms. The minimum absolute atomic E-state index is 0.0312. The first-order valence-corrected chi connectivity index (χ1v) is 7.58. The van der Waals surface area contributed by atoms with Crippen LogP contribution in [0.15, 0.2) is 54.6 Å². The molecule has 0 radical (unpaired) electrons. The Kier molecular flexibility index (Phi) is 4.16. The van der Waals surface area contributed by atoms with Gasteiger partial charge in [0.05, 0.1) is 5.92 Å². The summed E-state index contributed by atoms with van der Waals surface area (Å²) >= 11 is 0. The van der Waals surface area contributed by atoms with E-state index in [9.17, 15) is 4.79 Å². The van der Waals surface area contributed by atoms with E-state index in [-0.39, 0.29) is 5.92 Å². The first kappa shape index (κ1) is 14.0. The Morgan fingerprint density at radius 2 is 1.76 bits per heavy atom. The van der Waals surface area contributed by atoms with Crippen LogP contribution in [0.25, 0.3) is 0 Å². The molecule has 2 heteroatoms. The predicted molar refractivity (Wildman–Crippen MR) is 85.3 cm³/mol. The predicted octanol–water partition coefficient (Wildman–Crippen LogP) is 3.55. The second-order valence-electron chi connectivity index (χ2n) is 5.85. The summed E-state index contributed by atoms with van der Waals surface area (Å²) in [5.41, 5.74) is 3.73. The van der Waals surface area contributed by atoms with Gasteiger partial charge in [0.15, 0.2) is 0 Å². The van der Waals surface area contributed by atoms with Gasteiger partial charge in [-0.05, 0) is 23.6 Å². The fourth-order valence-corrected chi connectivity index (χ4v) is 3.13. The molecule has 3 rings (SSSR count). The van der Waals surface area contributed by atoms with Gasteiger partial charge < -0.3 is 0 Å². The highest BCUT2D eigenvalue weighted by Gasteiger charge is 2.29. The SMILES string of the molecule is Cc1ccccc1[C@@H]1CN(Cc2ccccc2)CCC1=O. The van der Waals surface area contributed by atoms with Crippen LogP contribution >= 0.6 is 0 Å². The van der Waals surface area contributed by atoms with Gasteiger partial charge in [0.2, 0.25) is 0 Å². The Labute approximate surface area is 126 Å². The molecule has 0 aliphatic carbocycles. The number of carbonyl (C=O) groups excluding carboxylic acids is 1. The van der Waals surface area contributed by atoms with E-state index in [1.54, 1.807) is 0 Å². The summed E-state index contributed by atoms with van der Waals surface area (Å²) in [6, 6.07) is 18.8. The molecule has 0 saturated carbocycles. The summed E-state index contributed by atoms with van der Waals surface area (Å²) < 4.78 is 0. The Morgan fingerprint density at radius 3 is 2.52 bits per heavy atom. The van der Waals surface area contributed by atoms with Crippen LogP contribution in [0, 0.1) is 6.92 Å². The zero-order valence-electron chi connectivity index (χ0n) is 12.5. The molecular formula is C19H21NO. The van der Waals surface area contributed by atoms with Crippen LogP contribution < -0.4 is 0 Å². The van der Waals surface area contributed by atoms with Crippen molar-refractivity contribution in [2.24, 2.45) is 0 Å². The molecule has 0 amide bonds. The Bertz CT molecular complexity index is 620. The first-order valence-electron chi connectivity index (χ1n) is 7.58. The average molecular weight is 279 g/mol. The van der Waals surface area contributed by atoms with E-state index in [0.29, 0.717) is 12.2 Å². The van der Waals surface area contributed by atoms with Crippen LogP contribution in [0.3, 0.4) is 0 Å². The maximum absolute atomic E-state index is 12.3. The number of benzene rings is 2. The zero-order valence-corrected chi connectivity index (χ0v) is 12.5. The van der Waals surface area contributed by atoms with Crippen LogP contribution in [0.4, 0.5) is 0 Å². The molecule has 1 saturated heterocycles. The summed E-state index contributed by atoms with van der Waals surface area (Å²) in [4.78, 5) is 14.7.